The maximum Gasteiger partial charge on any atom is 0.258 e. The van der Waals surface area contributed by atoms with Crippen LogP contribution in [0.2, 0.25) is 0 Å². The van der Waals surface area contributed by atoms with Gasteiger partial charge < -0.3 is 19.5 Å². The van der Waals surface area contributed by atoms with Crippen LogP contribution in [0.5, 0.6) is 5.75 Å². The Labute approximate surface area is 201 Å². The Hall–Kier alpha value is -3.49. The van der Waals surface area contributed by atoms with Gasteiger partial charge in [-0.15, -0.1) is 11.3 Å². The molecule has 0 aliphatic carbocycles. The lowest BCUT2D eigenvalue weighted by Crippen LogP contribution is -2.45. The van der Waals surface area contributed by atoms with Gasteiger partial charge in [-0.3, -0.25) is 0 Å². The van der Waals surface area contributed by atoms with E-state index < -0.39 is 0 Å². The van der Waals surface area contributed by atoms with Gasteiger partial charge in [0.1, 0.15) is 5.75 Å². The molecule has 0 saturated heterocycles. The fourth-order valence-electron chi connectivity index (χ4n) is 3.94. The number of thiophene rings is 1. The third-order valence-electron chi connectivity index (χ3n) is 5.60. The predicted octanol–water partition coefficient (Wildman–Crippen LogP) is 5.67. The maximum absolute atomic E-state index is 5.80. The summed E-state index contributed by atoms with van der Waals surface area (Å²) in [6.45, 7) is 2.64. The first-order chi connectivity index (χ1) is 16.1. The molecule has 0 spiro atoms. The molecular weight excluding hydrogens is 452 g/mol. The zero-order valence-electron chi connectivity index (χ0n) is 18.2. The van der Waals surface area contributed by atoms with E-state index in [1.54, 1.807) is 18.4 Å². The highest BCUT2D eigenvalue weighted by Gasteiger charge is 2.34. The lowest BCUT2D eigenvalue weighted by atomic mass is 9.94. The number of benzene rings is 2. The summed E-state index contributed by atoms with van der Waals surface area (Å²) in [5.74, 6) is 1.87. The van der Waals surface area contributed by atoms with E-state index in [-0.39, 0.29) is 6.04 Å². The molecule has 2 aromatic heterocycles. The number of ether oxygens (including phenoxy) is 1. The van der Waals surface area contributed by atoms with E-state index in [1.165, 1.54) is 0 Å². The van der Waals surface area contributed by atoms with Gasteiger partial charge in [0.2, 0.25) is 5.82 Å². The van der Waals surface area contributed by atoms with Crippen molar-refractivity contribution in [2.24, 2.45) is 0 Å². The Morgan fingerprint density at radius 1 is 1.12 bits per heavy atom. The normalized spacial score (nSPS) is 16.1. The summed E-state index contributed by atoms with van der Waals surface area (Å²) in [6.07, 6.45) is 0. The van der Waals surface area contributed by atoms with Crippen molar-refractivity contribution in [1.29, 1.82) is 0 Å². The van der Waals surface area contributed by atoms with E-state index >= 15 is 0 Å². The van der Waals surface area contributed by atoms with Gasteiger partial charge >= 0.3 is 0 Å². The number of allylic oxidation sites excluding steroid dienone is 1. The molecule has 0 bridgehead atoms. The highest BCUT2D eigenvalue weighted by Crippen LogP contribution is 2.38. The van der Waals surface area contributed by atoms with Crippen molar-refractivity contribution in [3.63, 3.8) is 0 Å². The molecule has 0 radical (unpaired) electrons. The van der Waals surface area contributed by atoms with E-state index in [1.807, 2.05) is 60.8 Å². The average molecular weight is 475 g/mol. The number of nitrogens with zero attached hydrogens (tertiary/aromatic N) is 3. The molecule has 6 nitrogen and oxygen atoms in total. The highest BCUT2D eigenvalue weighted by atomic mass is 32.1. The predicted molar refractivity (Wildman–Crippen MR) is 134 cm³/mol. The van der Waals surface area contributed by atoms with E-state index in [4.69, 9.17) is 26.5 Å². The summed E-state index contributed by atoms with van der Waals surface area (Å²) < 4.78 is 11.2. The first-order valence-corrected chi connectivity index (χ1v) is 11.8. The van der Waals surface area contributed by atoms with Gasteiger partial charge in [-0.1, -0.05) is 53.7 Å². The summed E-state index contributed by atoms with van der Waals surface area (Å²) in [7, 11) is 1.67. The molecule has 0 amide bonds. The van der Waals surface area contributed by atoms with Crippen LogP contribution in [0.15, 0.2) is 82.3 Å². The Morgan fingerprint density at radius 3 is 2.73 bits per heavy atom. The van der Waals surface area contributed by atoms with Crippen molar-refractivity contribution in [1.82, 2.24) is 20.4 Å². The van der Waals surface area contributed by atoms with Crippen molar-refractivity contribution >= 4 is 34.2 Å². The van der Waals surface area contributed by atoms with Crippen molar-refractivity contribution in [3.05, 3.63) is 94.8 Å². The van der Waals surface area contributed by atoms with Crippen molar-refractivity contribution in [2.45, 2.75) is 19.5 Å². The molecule has 1 N–H and O–H groups in total. The highest BCUT2D eigenvalue weighted by molar-refractivity contribution is 7.80. The van der Waals surface area contributed by atoms with Gasteiger partial charge in [0.05, 0.1) is 30.1 Å². The van der Waals surface area contributed by atoms with E-state index in [9.17, 15) is 0 Å². The van der Waals surface area contributed by atoms with Gasteiger partial charge in [0.15, 0.2) is 5.11 Å². The SMILES string of the molecule is COc1cccc(CN2C(=S)NC(c3ccccc3)C(c3nc(-c4cccs4)no3)=C2C)c1. The van der Waals surface area contributed by atoms with E-state index in [0.717, 1.165) is 33.0 Å². The summed E-state index contributed by atoms with van der Waals surface area (Å²) in [6, 6.07) is 21.9. The molecule has 5 rings (SSSR count). The van der Waals surface area contributed by atoms with Crippen LogP contribution in [-0.2, 0) is 6.54 Å². The second kappa shape index (κ2) is 9.17. The van der Waals surface area contributed by atoms with Crippen LogP contribution in [-0.4, -0.2) is 27.3 Å². The van der Waals surface area contributed by atoms with Crippen molar-refractivity contribution in [2.75, 3.05) is 7.11 Å². The fraction of sp³-hybridized carbons (Fsp3) is 0.160. The molecule has 4 aromatic rings. The Balaban J connectivity index is 1.58. The summed E-state index contributed by atoms with van der Waals surface area (Å²) >= 11 is 7.38. The first-order valence-electron chi connectivity index (χ1n) is 10.5. The molecular formula is C25H22N4O2S2. The van der Waals surface area contributed by atoms with Crippen molar-refractivity contribution < 1.29 is 9.26 Å². The van der Waals surface area contributed by atoms with Crippen LogP contribution >= 0.6 is 23.6 Å². The number of aromatic nitrogens is 2. The molecule has 0 fully saturated rings. The lowest BCUT2D eigenvalue weighted by Gasteiger charge is -2.37. The molecule has 0 saturated carbocycles. The van der Waals surface area contributed by atoms with Gasteiger partial charge in [-0.2, -0.15) is 4.98 Å². The van der Waals surface area contributed by atoms with Crippen LogP contribution in [0.1, 0.15) is 30.0 Å². The summed E-state index contributed by atoms with van der Waals surface area (Å²) in [4.78, 5) is 7.77. The van der Waals surface area contributed by atoms with Gasteiger partial charge in [0, 0.05) is 5.70 Å². The Bertz CT molecular complexity index is 1300. The average Bonchev–Trinajstić information content (AvgIpc) is 3.54. The first kappa shape index (κ1) is 21.4. The molecule has 1 atom stereocenters. The minimum Gasteiger partial charge on any atom is -0.497 e. The zero-order valence-corrected chi connectivity index (χ0v) is 19.8. The monoisotopic (exact) mass is 474 g/mol. The van der Waals surface area contributed by atoms with Gasteiger partial charge in [-0.25, -0.2) is 0 Å². The summed E-state index contributed by atoms with van der Waals surface area (Å²) in [5.41, 5.74) is 4.04. The molecule has 8 heteroatoms. The topological polar surface area (TPSA) is 63.4 Å². The lowest BCUT2D eigenvalue weighted by molar-refractivity contribution is 0.395. The molecule has 33 heavy (non-hydrogen) atoms. The fourth-order valence-corrected chi connectivity index (χ4v) is 4.90. The van der Waals surface area contributed by atoms with Crippen LogP contribution in [0.3, 0.4) is 0 Å². The second-order valence-corrected chi connectivity index (χ2v) is 8.96. The Morgan fingerprint density at radius 2 is 1.97 bits per heavy atom. The molecule has 2 aromatic carbocycles. The molecule has 1 unspecified atom stereocenters. The third kappa shape index (κ3) is 4.27. The number of nitrogens with one attached hydrogen (secondary N) is 1. The number of thiocarbonyl (C=S) groups is 1. The molecule has 1 aliphatic heterocycles. The minimum absolute atomic E-state index is 0.197. The quantitative estimate of drug-likeness (QED) is 0.361. The summed E-state index contributed by atoms with van der Waals surface area (Å²) in [5, 5.41) is 10.4. The van der Waals surface area contributed by atoms with E-state index in [0.29, 0.717) is 23.4 Å². The molecule has 1 aliphatic rings. The van der Waals surface area contributed by atoms with Crippen LogP contribution in [0, 0.1) is 0 Å². The maximum atomic E-state index is 5.80. The van der Waals surface area contributed by atoms with Crippen LogP contribution < -0.4 is 10.1 Å². The molecule has 3 heterocycles. The number of hydrogen-bond acceptors (Lipinski definition) is 6. The number of rotatable bonds is 6. The van der Waals surface area contributed by atoms with Crippen LogP contribution in [0.4, 0.5) is 0 Å². The third-order valence-corrected chi connectivity index (χ3v) is 6.81. The standard InChI is InChI=1S/C25H22N4O2S2/c1-16-21(24-27-23(28-31-24)20-12-7-13-33-20)22(18-9-4-3-5-10-18)26-25(32)29(16)15-17-8-6-11-19(14-17)30-2/h3-14,22H,15H2,1-2H3,(H,26,32). The van der Waals surface area contributed by atoms with Crippen LogP contribution in [0.25, 0.3) is 16.3 Å². The van der Waals surface area contributed by atoms with Gasteiger partial charge in [0.25, 0.3) is 5.89 Å². The minimum atomic E-state index is -0.197. The van der Waals surface area contributed by atoms with E-state index in [2.05, 4.69) is 33.6 Å². The zero-order chi connectivity index (χ0) is 22.8. The Kier molecular flexibility index (Phi) is 5.93. The smallest absolute Gasteiger partial charge is 0.258 e. The largest absolute Gasteiger partial charge is 0.497 e. The second-order valence-electron chi connectivity index (χ2n) is 7.63. The van der Waals surface area contributed by atoms with Crippen molar-refractivity contribution in [3.8, 4) is 16.5 Å². The number of methoxy groups -OCH3 is 1. The van der Waals surface area contributed by atoms with Gasteiger partial charge in [-0.05, 0) is 53.8 Å². The molecule has 166 valence electrons. The number of hydrogen-bond donors (Lipinski definition) is 1.